The Morgan fingerprint density at radius 2 is 2.00 bits per heavy atom. The summed E-state index contributed by atoms with van der Waals surface area (Å²) in [6.45, 7) is 2.55. The molecule has 0 amide bonds. The largest absolute Gasteiger partial charge is 0.494 e. The molecule has 0 heterocycles. The van der Waals surface area contributed by atoms with Crippen LogP contribution in [0.5, 0.6) is 5.75 Å². The second-order valence-corrected chi connectivity index (χ2v) is 6.71. The molecule has 2 atom stereocenters. The molecule has 0 aliphatic heterocycles. The van der Waals surface area contributed by atoms with Gasteiger partial charge < -0.3 is 4.74 Å². The molecule has 0 aromatic heterocycles. The molecule has 1 aromatic carbocycles. The lowest BCUT2D eigenvalue weighted by molar-refractivity contribution is 0.340. The summed E-state index contributed by atoms with van der Waals surface area (Å²) in [6, 6.07) is 7.51. The number of hydrogen-bond acceptors (Lipinski definition) is 3. The topological polar surface area (TPSA) is 43.4 Å². The summed E-state index contributed by atoms with van der Waals surface area (Å²) >= 11 is 0. The van der Waals surface area contributed by atoms with Gasteiger partial charge in [-0.3, -0.25) is 0 Å². The third kappa shape index (κ3) is 2.50. The Morgan fingerprint density at radius 1 is 1.38 bits per heavy atom. The van der Waals surface area contributed by atoms with Crippen LogP contribution in [0.2, 0.25) is 0 Å². The minimum atomic E-state index is -3.41. The standard InChI is InChI=1S/C11H13ClO3S/c1-2-15-9-5-3-8(4-6-9)10-7-11(10)16(12,13)14/h3-6,10-11H,2,7H2,1H3. The van der Waals surface area contributed by atoms with E-state index in [0.29, 0.717) is 13.0 Å². The lowest BCUT2D eigenvalue weighted by Crippen LogP contribution is -1.99. The van der Waals surface area contributed by atoms with Crippen molar-refractivity contribution in [3.05, 3.63) is 29.8 Å². The van der Waals surface area contributed by atoms with Crippen molar-refractivity contribution >= 4 is 19.7 Å². The molecule has 1 fully saturated rings. The molecule has 3 nitrogen and oxygen atoms in total. The fourth-order valence-electron chi connectivity index (χ4n) is 1.81. The van der Waals surface area contributed by atoms with E-state index in [9.17, 15) is 8.42 Å². The van der Waals surface area contributed by atoms with Crippen molar-refractivity contribution in [2.75, 3.05) is 6.61 Å². The third-order valence-electron chi connectivity index (χ3n) is 2.71. The fraction of sp³-hybridized carbons (Fsp3) is 0.455. The molecule has 0 saturated heterocycles. The lowest BCUT2D eigenvalue weighted by Gasteiger charge is -2.04. The van der Waals surface area contributed by atoms with E-state index in [1.807, 2.05) is 31.2 Å². The van der Waals surface area contributed by atoms with E-state index in [0.717, 1.165) is 11.3 Å². The molecule has 0 N–H and O–H groups in total. The first-order valence-electron chi connectivity index (χ1n) is 5.18. The first-order valence-corrected chi connectivity index (χ1v) is 7.56. The number of rotatable bonds is 4. The van der Waals surface area contributed by atoms with Crippen LogP contribution in [0, 0.1) is 0 Å². The Morgan fingerprint density at radius 3 is 2.44 bits per heavy atom. The van der Waals surface area contributed by atoms with Crippen molar-refractivity contribution < 1.29 is 13.2 Å². The lowest BCUT2D eigenvalue weighted by atomic mass is 10.1. The van der Waals surface area contributed by atoms with E-state index in [1.54, 1.807) is 0 Å². The molecule has 0 radical (unpaired) electrons. The summed E-state index contributed by atoms with van der Waals surface area (Å²) in [5.74, 6) is 0.857. The molecule has 1 aromatic rings. The summed E-state index contributed by atoms with van der Waals surface area (Å²) in [6.07, 6.45) is 0.625. The molecule has 16 heavy (non-hydrogen) atoms. The van der Waals surface area contributed by atoms with Gasteiger partial charge in [0.1, 0.15) is 5.75 Å². The summed E-state index contributed by atoms with van der Waals surface area (Å²) in [5, 5.41) is -0.410. The Kier molecular flexibility index (Phi) is 3.13. The zero-order chi connectivity index (χ0) is 11.8. The number of ether oxygens (including phenoxy) is 1. The van der Waals surface area contributed by atoms with Crippen molar-refractivity contribution in [3.63, 3.8) is 0 Å². The molecule has 1 aliphatic carbocycles. The molecular formula is C11H13ClO3S. The van der Waals surface area contributed by atoms with Crippen LogP contribution in [0.3, 0.4) is 0 Å². The maximum atomic E-state index is 11.1. The van der Waals surface area contributed by atoms with Gasteiger partial charge in [0.15, 0.2) is 0 Å². The van der Waals surface area contributed by atoms with Gasteiger partial charge in [-0.2, -0.15) is 0 Å². The third-order valence-corrected chi connectivity index (χ3v) is 4.64. The van der Waals surface area contributed by atoms with E-state index in [-0.39, 0.29) is 5.92 Å². The van der Waals surface area contributed by atoms with E-state index in [2.05, 4.69) is 0 Å². The average molecular weight is 261 g/mol. The molecule has 0 spiro atoms. The van der Waals surface area contributed by atoms with Crippen LogP contribution in [-0.2, 0) is 9.05 Å². The Labute approximate surface area is 99.8 Å². The molecule has 2 rings (SSSR count). The van der Waals surface area contributed by atoms with E-state index in [1.165, 1.54) is 0 Å². The predicted octanol–water partition coefficient (Wildman–Crippen LogP) is 2.51. The van der Waals surface area contributed by atoms with Gasteiger partial charge in [0.05, 0.1) is 11.9 Å². The van der Waals surface area contributed by atoms with Gasteiger partial charge in [0.25, 0.3) is 0 Å². The SMILES string of the molecule is CCOc1ccc(C2CC2S(=O)(=O)Cl)cc1. The molecule has 2 unspecified atom stereocenters. The second kappa shape index (κ2) is 4.26. The van der Waals surface area contributed by atoms with E-state index in [4.69, 9.17) is 15.4 Å². The van der Waals surface area contributed by atoms with Gasteiger partial charge in [-0.1, -0.05) is 12.1 Å². The molecular weight excluding hydrogens is 248 g/mol. The van der Waals surface area contributed by atoms with Crippen LogP contribution >= 0.6 is 10.7 Å². The van der Waals surface area contributed by atoms with E-state index < -0.39 is 14.3 Å². The zero-order valence-electron chi connectivity index (χ0n) is 8.89. The zero-order valence-corrected chi connectivity index (χ0v) is 10.5. The first-order chi connectivity index (χ1) is 7.52. The Hall–Kier alpha value is -0.740. The maximum Gasteiger partial charge on any atom is 0.236 e. The number of benzene rings is 1. The molecule has 1 saturated carbocycles. The minimum Gasteiger partial charge on any atom is -0.494 e. The molecule has 0 bridgehead atoms. The van der Waals surface area contributed by atoms with Crippen LogP contribution < -0.4 is 4.74 Å². The van der Waals surface area contributed by atoms with Crippen molar-refractivity contribution in [1.29, 1.82) is 0 Å². The monoisotopic (exact) mass is 260 g/mol. The number of hydrogen-bond donors (Lipinski definition) is 0. The van der Waals surface area contributed by atoms with Gasteiger partial charge in [0, 0.05) is 16.6 Å². The van der Waals surface area contributed by atoms with Crippen LogP contribution in [-0.4, -0.2) is 20.3 Å². The van der Waals surface area contributed by atoms with E-state index >= 15 is 0 Å². The van der Waals surface area contributed by atoms with Gasteiger partial charge in [-0.05, 0) is 31.0 Å². The van der Waals surface area contributed by atoms with Crippen molar-refractivity contribution in [3.8, 4) is 5.75 Å². The van der Waals surface area contributed by atoms with Crippen LogP contribution in [0.4, 0.5) is 0 Å². The normalized spacial score (nSPS) is 24.1. The van der Waals surface area contributed by atoms with Gasteiger partial charge in [0.2, 0.25) is 9.05 Å². The minimum absolute atomic E-state index is 0.0539. The highest BCUT2D eigenvalue weighted by Crippen LogP contribution is 2.47. The quantitative estimate of drug-likeness (QED) is 0.782. The average Bonchev–Trinajstić information content (AvgIpc) is 2.98. The predicted molar refractivity (Wildman–Crippen MR) is 63.5 cm³/mol. The van der Waals surface area contributed by atoms with Crippen molar-refractivity contribution in [2.24, 2.45) is 0 Å². The summed E-state index contributed by atoms with van der Waals surface area (Å²) in [4.78, 5) is 0. The first kappa shape index (κ1) is 11.7. The maximum absolute atomic E-state index is 11.1. The van der Waals surface area contributed by atoms with Crippen molar-refractivity contribution in [1.82, 2.24) is 0 Å². The fourth-order valence-corrected chi connectivity index (χ4v) is 3.39. The van der Waals surface area contributed by atoms with Crippen LogP contribution in [0.15, 0.2) is 24.3 Å². The van der Waals surface area contributed by atoms with Crippen LogP contribution in [0.1, 0.15) is 24.8 Å². The van der Waals surface area contributed by atoms with Crippen molar-refractivity contribution in [2.45, 2.75) is 24.5 Å². The smallest absolute Gasteiger partial charge is 0.236 e. The summed E-state index contributed by atoms with van der Waals surface area (Å²) in [5.41, 5.74) is 1.01. The van der Waals surface area contributed by atoms with Gasteiger partial charge in [-0.25, -0.2) is 8.42 Å². The Bertz CT molecular complexity index is 467. The summed E-state index contributed by atoms with van der Waals surface area (Å²) in [7, 11) is 1.90. The highest BCUT2D eigenvalue weighted by Gasteiger charge is 2.47. The van der Waals surface area contributed by atoms with Gasteiger partial charge in [-0.15, -0.1) is 0 Å². The highest BCUT2D eigenvalue weighted by molar-refractivity contribution is 8.14. The van der Waals surface area contributed by atoms with Crippen LogP contribution in [0.25, 0.3) is 0 Å². The highest BCUT2D eigenvalue weighted by atomic mass is 35.7. The molecule has 88 valence electrons. The van der Waals surface area contributed by atoms with Gasteiger partial charge >= 0.3 is 0 Å². The summed E-state index contributed by atoms with van der Waals surface area (Å²) < 4.78 is 27.5. The molecule has 1 aliphatic rings. The Balaban J connectivity index is 2.08. The number of halogens is 1. The molecule has 5 heteroatoms. The second-order valence-electron chi connectivity index (χ2n) is 3.86.